The fraction of sp³-hybridized carbons (Fsp3) is 0.562. The standard InChI is InChI=1S/C16H22Cl2O7/c1-7(2)12(13(15(22)23)14(18)8(3)19)16(24)25-9(4)10(17)5-6-11(20)21/h5-10,14,19H,1-4H3,(H,20,21)(H,22,23)/b6-5?,13-12-. The average Bonchev–Trinajstić information content (AvgIpc) is 2.47. The second-order valence-corrected chi connectivity index (χ2v) is 6.66. The van der Waals surface area contributed by atoms with E-state index in [1.807, 2.05) is 0 Å². The van der Waals surface area contributed by atoms with E-state index in [-0.39, 0.29) is 5.57 Å². The number of hydrogen-bond acceptors (Lipinski definition) is 5. The van der Waals surface area contributed by atoms with Crippen molar-refractivity contribution in [1.82, 2.24) is 0 Å². The lowest BCUT2D eigenvalue weighted by atomic mass is 9.93. The molecule has 0 saturated carbocycles. The maximum absolute atomic E-state index is 12.4. The molecule has 0 spiro atoms. The van der Waals surface area contributed by atoms with Crippen molar-refractivity contribution in [3.05, 3.63) is 23.3 Å². The van der Waals surface area contributed by atoms with Gasteiger partial charge in [-0.1, -0.05) is 19.9 Å². The van der Waals surface area contributed by atoms with Crippen molar-refractivity contribution >= 4 is 41.1 Å². The van der Waals surface area contributed by atoms with Crippen LogP contribution in [0.5, 0.6) is 0 Å². The number of aliphatic hydroxyl groups is 1. The first kappa shape index (κ1) is 23.4. The molecule has 4 unspecified atom stereocenters. The van der Waals surface area contributed by atoms with Gasteiger partial charge >= 0.3 is 17.9 Å². The Morgan fingerprint density at radius 1 is 1.00 bits per heavy atom. The lowest BCUT2D eigenvalue weighted by molar-refractivity contribution is -0.144. The molecule has 4 atom stereocenters. The van der Waals surface area contributed by atoms with Crippen LogP contribution in [0.25, 0.3) is 0 Å². The zero-order valence-electron chi connectivity index (χ0n) is 14.3. The van der Waals surface area contributed by atoms with Crippen LogP contribution in [-0.4, -0.2) is 56.2 Å². The van der Waals surface area contributed by atoms with Gasteiger partial charge in [-0.25, -0.2) is 14.4 Å². The molecule has 0 heterocycles. The molecule has 0 radical (unpaired) electrons. The van der Waals surface area contributed by atoms with Gasteiger partial charge in [0.25, 0.3) is 0 Å². The number of carboxylic acids is 2. The molecule has 3 N–H and O–H groups in total. The Morgan fingerprint density at radius 2 is 1.52 bits per heavy atom. The van der Waals surface area contributed by atoms with Gasteiger partial charge in [0.15, 0.2) is 0 Å². The summed E-state index contributed by atoms with van der Waals surface area (Å²) in [6.45, 7) is 5.90. The van der Waals surface area contributed by atoms with E-state index in [0.717, 1.165) is 12.2 Å². The number of rotatable bonds is 9. The van der Waals surface area contributed by atoms with Gasteiger partial charge in [-0.2, -0.15) is 0 Å². The number of esters is 1. The third kappa shape index (κ3) is 7.46. The average molecular weight is 397 g/mol. The monoisotopic (exact) mass is 396 g/mol. The number of ether oxygens (including phenoxy) is 1. The van der Waals surface area contributed by atoms with Crippen LogP contribution < -0.4 is 0 Å². The van der Waals surface area contributed by atoms with Crippen molar-refractivity contribution in [3.63, 3.8) is 0 Å². The largest absolute Gasteiger partial charge is 0.478 e. The molecule has 0 amide bonds. The molecule has 0 aromatic heterocycles. The van der Waals surface area contributed by atoms with Gasteiger partial charge < -0.3 is 20.1 Å². The maximum Gasteiger partial charge on any atom is 0.335 e. The highest BCUT2D eigenvalue weighted by Crippen LogP contribution is 2.26. The van der Waals surface area contributed by atoms with Gasteiger partial charge in [0.1, 0.15) is 6.10 Å². The summed E-state index contributed by atoms with van der Waals surface area (Å²) in [6.07, 6.45) is -0.176. The van der Waals surface area contributed by atoms with Crippen LogP contribution in [0.4, 0.5) is 0 Å². The summed E-state index contributed by atoms with van der Waals surface area (Å²) in [6, 6.07) is 0. The second-order valence-electron chi connectivity index (χ2n) is 5.68. The van der Waals surface area contributed by atoms with E-state index in [0.29, 0.717) is 0 Å². The summed E-state index contributed by atoms with van der Waals surface area (Å²) in [5.41, 5.74) is -0.637. The van der Waals surface area contributed by atoms with Gasteiger partial charge in [-0.05, 0) is 19.8 Å². The molecular formula is C16H22Cl2O7. The van der Waals surface area contributed by atoms with E-state index >= 15 is 0 Å². The number of alkyl halides is 2. The first-order valence-electron chi connectivity index (χ1n) is 7.45. The van der Waals surface area contributed by atoms with E-state index in [9.17, 15) is 24.6 Å². The van der Waals surface area contributed by atoms with Crippen molar-refractivity contribution in [2.45, 2.75) is 50.7 Å². The van der Waals surface area contributed by atoms with Crippen LogP contribution in [-0.2, 0) is 19.1 Å². The summed E-state index contributed by atoms with van der Waals surface area (Å²) in [5, 5.41) is 25.3. The number of hydrogen-bond donors (Lipinski definition) is 3. The normalized spacial score (nSPS) is 17.6. The molecule has 7 nitrogen and oxygen atoms in total. The zero-order valence-corrected chi connectivity index (χ0v) is 15.8. The Balaban J connectivity index is 5.65. The molecule has 9 heteroatoms. The molecule has 0 fully saturated rings. The molecule has 0 aliphatic rings. The van der Waals surface area contributed by atoms with Crippen LogP contribution in [0.3, 0.4) is 0 Å². The van der Waals surface area contributed by atoms with E-state index < -0.39 is 52.4 Å². The third-order valence-corrected chi connectivity index (χ3v) is 4.26. The van der Waals surface area contributed by atoms with Crippen LogP contribution in [0, 0.1) is 5.92 Å². The van der Waals surface area contributed by atoms with Crippen LogP contribution >= 0.6 is 23.2 Å². The quantitative estimate of drug-likeness (QED) is 0.310. The number of halogens is 2. The van der Waals surface area contributed by atoms with Crippen molar-refractivity contribution in [1.29, 1.82) is 0 Å². The highest BCUT2D eigenvalue weighted by Gasteiger charge is 2.33. The van der Waals surface area contributed by atoms with Gasteiger partial charge in [0.2, 0.25) is 0 Å². The number of aliphatic carboxylic acids is 2. The number of carbonyl (C=O) groups excluding carboxylic acids is 1. The molecule has 25 heavy (non-hydrogen) atoms. The molecule has 0 bridgehead atoms. The number of aliphatic hydroxyl groups excluding tert-OH is 1. The molecule has 0 aromatic rings. The zero-order chi connectivity index (χ0) is 19.9. The molecule has 142 valence electrons. The number of carbonyl (C=O) groups is 3. The van der Waals surface area contributed by atoms with E-state index in [1.54, 1.807) is 13.8 Å². The fourth-order valence-corrected chi connectivity index (χ4v) is 2.24. The molecule has 0 aromatic carbocycles. The summed E-state index contributed by atoms with van der Waals surface area (Å²) in [7, 11) is 0. The topological polar surface area (TPSA) is 121 Å². The Labute approximate surface area is 155 Å². The van der Waals surface area contributed by atoms with Crippen molar-refractivity contribution < 1.29 is 34.4 Å². The Kier molecular flexibility index (Phi) is 9.77. The van der Waals surface area contributed by atoms with Crippen LogP contribution in [0.2, 0.25) is 0 Å². The van der Waals surface area contributed by atoms with E-state index in [1.165, 1.54) is 13.8 Å². The van der Waals surface area contributed by atoms with Crippen LogP contribution in [0.1, 0.15) is 27.7 Å². The predicted octanol–water partition coefficient (Wildman–Crippen LogP) is 2.19. The fourth-order valence-electron chi connectivity index (χ4n) is 1.91. The lowest BCUT2D eigenvalue weighted by Crippen LogP contribution is -2.31. The Hall–Kier alpha value is -1.57. The number of carboxylic acid groups (broad SMARTS) is 2. The van der Waals surface area contributed by atoms with E-state index in [2.05, 4.69) is 0 Å². The molecule has 0 saturated heterocycles. The van der Waals surface area contributed by atoms with Crippen molar-refractivity contribution in [2.75, 3.05) is 0 Å². The Bertz CT molecular complexity index is 567. The first-order chi connectivity index (χ1) is 11.4. The highest BCUT2D eigenvalue weighted by atomic mass is 35.5. The highest BCUT2D eigenvalue weighted by molar-refractivity contribution is 6.26. The molecule has 0 aliphatic carbocycles. The van der Waals surface area contributed by atoms with Crippen molar-refractivity contribution in [2.24, 2.45) is 5.92 Å². The summed E-state index contributed by atoms with van der Waals surface area (Å²) < 4.78 is 5.15. The lowest BCUT2D eigenvalue weighted by Gasteiger charge is -2.22. The SMILES string of the molecule is CC(C)/C(C(=O)OC(C)C(Cl)C=CC(=O)O)=C(/C(=O)O)C(Cl)C(C)O. The Morgan fingerprint density at radius 3 is 1.88 bits per heavy atom. The smallest absolute Gasteiger partial charge is 0.335 e. The minimum absolute atomic E-state index is 0.189. The minimum Gasteiger partial charge on any atom is -0.478 e. The second kappa shape index (κ2) is 10.4. The maximum atomic E-state index is 12.4. The summed E-state index contributed by atoms with van der Waals surface area (Å²) in [5.74, 6) is -4.14. The molecule has 0 aliphatic heterocycles. The molecular weight excluding hydrogens is 375 g/mol. The van der Waals surface area contributed by atoms with E-state index in [4.69, 9.17) is 33.0 Å². The summed E-state index contributed by atoms with van der Waals surface area (Å²) >= 11 is 11.9. The van der Waals surface area contributed by atoms with Crippen molar-refractivity contribution in [3.8, 4) is 0 Å². The van der Waals surface area contributed by atoms with Gasteiger partial charge in [0.05, 0.1) is 28.0 Å². The van der Waals surface area contributed by atoms with Gasteiger partial charge in [-0.15, -0.1) is 23.2 Å². The van der Waals surface area contributed by atoms with Gasteiger partial charge in [-0.3, -0.25) is 0 Å². The predicted molar refractivity (Wildman–Crippen MR) is 92.8 cm³/mol. The van der Waals surface area contributed by atoms with Crippen LogP contribution in [0.15, 0.2) is 23.3 Å². The minimum atomic E-state index is -1.44. The molecule has 0 rings (SSSR count). The first-order valence-corrected chi connectivity index (χ1v) is 8.33. The summed E-state index contributed by atoms with van der Waals surface area (Å²) in [4.78, 5) is 34.4. The van der Waals surface area contributed by atoms with Gasteiger partial charge in [0, 0.05) is 6.08 Å². The third-order valence-electron chi connectivity index (χ3n) is 3.18.